The highest BCUT2D eigenvalue weighted by molar-refractivity contribution is 8.13. The molecular weight excluding hydrogens is 186 g/mol. The Morgan fingerprint density at radius 1 is 1.69 bits per heavy atom. The Kier molecular flexibility index (Phi) is 5.51. The van der Waals surface area contributed by atoms with Crippen LogP contribution in [0.15, 0.2) is 4.99 Å². The third kappa shape index (κ3) is 5.50. The van der Waals surface area contributed by atoms with Crippen molar-refractivity contribution in [3.05, 3.63) is 0 Å². The molecule has 0 aliphatic carbocycles. The summed E-state index contributed by atoms with van der Waals surface area (Å²) in [4.78, 5) is 4.20. The maximum absolute atomic E-state index is 8.37. The summed E-state index contributed by atoms with van der Waals surface area (Å²) in [6, 6.07) is 0. The second-order valence-corrected chi connectivity index (χ2v) is 3.82. The van der Waals surface area contributed by atoms with E-state index >= 15 is 0 Å². The monoisotopic (exact) mass is 201 g/mol. The van der Waals surface area contributed by atoms with Crippen molar-refractivity contribution in [2.24, 2.45) is 4.99 Å². The Hall–Kier alpha value is -0.730. The predicted octanol–water partition coefficient (Wildman–Crippen LogP) is 1.20. The maximum atomic E-state index is 8.37. The molecule has 74 valence electrons. The molecule has 5 heteroatoms. The van der Waals surface area contributed by atoms with E-state index in [0.717, 1.165) is 0 Å². The summed E-state index contributed by atoms with van der Waals surface area (Å²) in [6.07, 6.45) is 3.69. The van der Waals surface area contributed by atoms with Crippen LogP contribution >= 0.6 is 11.8 Å². The van der Waals surface area contributed by atoms with Crippen molar-refractivity contribution in [1.82, 2.24) is 5.32 Å². The summed E-state index contributed by atoms with van der Waals surface area (Å²) >= 11 is 1.41. The van der Waals surface area contributed by atoms with Gasteiger partial charge in [-0.3, -0.25) is 10.3 Å². The van der Waals surface area contributed by atoms with Gasteiger partial charge < -0.3 is 4.74 Å². The van der Waals surface area contributed by atoms with Crippen LogP contribution in [0.1, 0.15) is 13.8 Å². The summed E-state index contributed by atoms with van der Waals surface area (Å²) < 4.78 is 5.18. The zero-order chi connectivity index (χ0) is 10.3. The largest absolute Gasteiger partial charge is 0.377 e. The maximum Gasteiger partial charge on any atom is 0.183 e. The fourth-order valence-electron chi connectivity index (χ4n) is 0.530. The van der Waals surface area contributed by atoms with E-state index in [1.165, 1.54) is 11.8 Å². The van der Waals surface area contributed by atoms with Gasteiger partial charge in [-0.1, -0.05) is 11.8 Å². The lowest BCUT2D eigenvalue weighted by atomic mass is 10.1. The first-order valence-corrected chi connectivity index (χ1v) is 5.07. The number of thioether (sulfide) groups is 1. The summed E-state index contributed by atoms with van der Waals surface area (Å²) in [7, 11) is 1.64. The van der Waals surface area contributed by atoms with Gasteiger partial charge in [-0.2, -0.15) is 5.26 Å². The number of methoxy groups -OCH3 is 1. The minimum absolute atomic E-state index is 0.280. The van der Waals surface area contributed by atoms with Gasteiger partial charge in [0.2, 0.25) is 0 Å². The molecule has 1 N–H and O–H groups in total. The number of rotatable bonds is 3. The van der Waals surface area contributed by atoms with Crippen molar-refractivity contribution in [3.8, 4) is 6.19 Å². The molecule has 0 fully saturated rings. The first kappa shape index (κ1) is 12.3. The van der Waals surface area contributed by atoms with E-state index in [1.54, 1.807) is 7.11 Å². The van der Waals surface area contributed by atoms with Gasteiger partial charge in [0.15, 0.2) is 11.4 Å². The van der Waals surface area contributed by atoms with Crippen LogP contribution < -0.4 is 5.32 Å². The number of hydrogen-bond donors (Lipinski definition) is 1. The third-order valence-electron chi connectivity index (χ3n) is 1.51. The third-order valence-corrected chi connectivity index (χ3v) is 2.13. The number of hydrogen-bond acceptors (Lipinski definition) is 4. The predicted molar refractivity (Wildman–Crippen MR) is 55.7 cm³/mol. The average Bonchev–Trinajstić information content (AvgIpc) is 2.12. The van der Waals surface area contributed by atoms with Crippen LogP contribution in [0.2, 0.25) is 0 Å². The number of aliphatic imine (C=N–C) groups is 1. The van der Waals surface area contributed by atoms with Crippen molar-refractivity contribution in [3.63, 3.8) is 0 Å². The van der Waals surface area contributed by atoms with E-state index in [4.69, 9.17) is 10.00 Å². The minimum Gasteiger partial charge on any atom is -0.377 e. The van der Waals surface area contributed by atoms with Crippen LogP contribution in [0.4, 0.5) is 0 Å². The molecule has 0 saturated carbocycles. The molecule has 0 atom stereocenters. The number of amidine groups is 1. The second kappa shape index (κ2) is 5.84. The molecule has 0 unspecified atom stereocenters. The molecule has 0 heterocycles. The van der Waals surface area contributed by atoms with Gasteiger partial charge in [-0.25, -0.2) is 0 Å². The van der Waals surface area contributed by atoms with E-state index in [-0.39, 0.29) is 5.60 Å². The van der Waals surface area contributed by atoms with Gasteiger partial charge in [0.1, 0.15) is 0 Å². The lowest BCUT2D eigenvalue weighted by molar-refractivity contribution is 0.0312. The Morgan fingerprint density at radius 2 is 2.31 bits per heavy atom. The topological polar surface area (TPSA) is 57.4 Å². The molecule has 0 spiro atoms. The molecule has 13 heavy (non-hydrogen) atoms. The van der Waals surface area contributed by atoms with Crippen molar-refractivity contribution < 1.29 is 4.74 Å². The van der Waals surface area contributed by atoms with Crippen molar-refractivity contribution in [2.45, 2.75) is 19.4 Å². The highest BCUT2D eigenvalue weighted by atomic mass is 32.2. The Labute approximate surface area is 83.4 Å². The van der Waals surface area contributed by atoms with Gasteiger partial charge in [0, 0.05) is 7.11 Å². The van der Waals surface area contributed by atoms with Crippen molar-refractivity contribution in [1.29, 1.82) is 5.26 Å². The molecule has 0 aromatic carbocycles. The standard InChI is InChI=1S/C8H15N3OS/c1-8(2,12-3)5-10-7(13-4)11-6-9/h5H2,1-4H3,(H,10,11). The first-order chi connectivity index (χ1) is 6.05. The zero-order valence-electron chi connectivity index (χ0n) is 8.42. The highest BCUT2D eigenvalue weighted by Gasteiger charge is 2.15. The normalized spacial score (nSPS) is 12.4. The second-order valence-electron chi connectivity index (χ2n) is 3.03. The molecule has 0 bridgehead atoms. The number of nitrogens with one attached hydrogen (secondary N) is 1. The summed E-state index contributed by atoms with van der Waals surface area (Å²) in [6.45, 7) is 4.43. The molecule has 0 aliphatic heterocycles. The van der Waals surface area contributed by atoms with Gasteiger partial charge in [0.25, 0.3) is 0 Å². The summed E-state index contributed by atoms with van der Waals surface area (Å²) in [5.41, 5.74) is -0.280. The van der Waals surface area contributed by atoms with Crippen molar-refractivity contribution >= 4 is 16.9 Å². The molecule has 0 amide bonds. The lowest BCUT2D eigenvalue weighted by Crippen LogP contribution is -2.28. The molecule has 4 nitrogen and oxygen atoms in total. The number of nitrogens with zero attached hydrogens (tertiary/aromatic N) is 2. The molecule has 0 radical (unpaired) electrons. The van der Waals surface area contributed by atoms with Crippen LogP contribution in [0.25, 0.3) is 0 Å². The molecule has 0 rings (SSSR count). The fourth-order valence-corrected chi connectivity index (χ4v) is 0.871. The average molecular weight is 201 g/mol. The van der Waals surface area contributed by atoms with E-state index in [2.05, 4.69) is 10.3 Å². The van der Waals surface area contributed by atoms with Crippen LogP contribution in [0, 0.1) is 11.5 Å². The smallest absolute Gasteiger partial charge is 0.183 e. The molecule has 0 aromatic rings. The molecule has 0 aliphatic rings. The fraction of sp³-hybridized carbons (Fsp3) is 0.750. The highest BCUT2D eigenvalue weighted by Crippen LogP contribution is 2.08. The van der Waals surface area contributed by atoms with Gasteiger partial charge in [-0.15, -0.1) is 0 Å². The van der Waals surface area contributed by atoms with E-state index in [1.807, 2.05) is 26.3 Å². The van der Waals surface area contributed by atoms with Crippen LogP contribution in [-0.4, -0.2) is 30.7 Å². The van der Waals surface area contributed by atoms with Crippen LogP contribution in [0.5, 0.6) is 0 Å². The molecule has 0 saturated heterocycles. The van der Waals surface area contributed by atoms with E-state index < -0.39 is 0 Å². The quantitative estimate of drug-likeness (QED) is 0.322. The first-order valence-electron chi connectivity index (χ1n) is 3.84. The minimum atomic E-state index is -0.280. The van der Waals surface area contributed by atoms with E-state index in [9.17, 15) is 0 Å². The van der Waals surface area contributed by atoms with Crippen LogP contribution in [0.3, 0.4) is 0 Å². The molecular formula is C8H15N3OS. The van der Waals surface area contributed by atoms with E-state index in [0.29, 0.717) is 11.7 Å². The Morgan fingerprint density at radius 3 is 2.69 bits per heavy atom. The number of ether oxygens (including phenoxy) is 1. The van der Waals surface area contributed by atoms with Crippen molar-refractivity contribution in [2.75, 3.05) is 19.9 Å². The Bertz CT molecular complexity index is 220. The van der Waals surface area contributed by atoms with Gasteiger partial charge >= 0.3 is 0 Å². The number of nitriles is 1. The SMILES string of the molecule is COC(C)(C)CN=C(NC#N)SC. The lowest BCUT2D eigenvalue weighted by Gasteiger charge is -2.20. The molecule has 0 aromatic heterocycles. The van der Waals surface area contributed by atoms with Gasteiger partial charge in [0.05, 0.1) is 12.1 Å². The van der Waals surface area contributed by atoms with Gasteiger partial charge in [-0.05, 0) is 20.1 Å². The van der Waals surface area contributed by atoms with Crippen LogP contribution in [-0.2, 0) is 4.74 Å². The zero-order valence-corrected chi connectivity index (χ0v) is 9.23. The summed E-state index contributed by atoms with van der Waals surface area (Å²) in [5, 5.41) is 11.5. The summed E-state index contributed by atoms with van der Waals surface area (Å²) in [5.74, 6) is 0. The Balaban J connectivity index is 4.15.